The quantitative estimate of drug-likeness (QED) is 0.0988. The van der Waals surface area contributed by atoms with Gasteiger partial charge in [0.2, 0.25) is 11.8 Å². The third kappa shape index (κ3) is 11.9. The molecule has 7 rings (SSSR count). The Kier molecular flexibility index (Phi) is 16.5. The van der Waals surface area contributed by atoms with Crippen LogP contribution in [0.2, 0.25) is 0 Å². The Balaban J connectivity index is 1.03. The predicted molar refractivity (Wildman–Crippen MR) is 246 cm³/mol. The number of halogens is 2. The first-order valence-corrected chi connectivity index (χ1v) is 23.6. The van der Waals surface area contributed by atoms with E-state index in [-0.39, 0.29) is 43.1 Å². The summed E-state index contributed by atoms with van der Waals surface area (Å²) in [5, 5.41) is 62.7. The highest BCUT2D eigenvalue weighted by atomic mass is 79.9. The van der Waals surface area contributed by atoms with Crippen molar-refractivity contribution in [3.63, 3.8) is 0 Å². The number of hydrogen-bond donors (Lipinski definition) is 9. The second-order valence-corrected chi connectivity index (χ2v) is 18.5. The standard InChI is InChI=1S/C44H57Br2N9O10/c45-30-21-26(22-31(46)36(30)57)23-34(51-43(63)54-15-10-29(11-16-54)55-24-27-5-1-2-6-32(27)50-44(55)64)40(61)49-33(42(62)53-19-17-52(18-20-53)28-8-13-47-14-9-28)7-3-4-12-48-41-39(60)38(59)37(58)35(25-56)65-41/h1-2,5-6,8-9,13-14,21-22,29,33-35,37-39,41,48,56-60H,3-4,7,10-12,15-20,23-25H2,(H,49,61)(H,50,64)(H,51,63)/t33-,34+,35+,37+,38-,39-,41-/m0/s1. The highest BCUT2D eigenvalue weighted by molar-refractivity contribution is 9.11. The van der Waals surface area contributed by atoms with Crippen LogP contribution in [0.25, 0.3) is 0 Å². The van der Waals surface area contributed by atoms with Gasteiger partial charge in [-0.3, -0.25) is 19.9 Å². The summed E-state index contributed by atoms with van der Waals surface area (Å²) < 4.78 is 6.34. The number of pyridine rings is 1. The number of nitrogens with one attached hydrogen (secondary N) is 4. The molecule has 5 heterocycles. The van der Waals surface area contributed by atoms with Crippen LogP contribution in [-0.4, -0.2) is 170 Å². The van der Waals surface area contributed by atoms with Crippen LogP contribution in [0.5, 0.6) is 5.75 Å². The number of rotatable bonds is 15. The summed E-state index contributed by atoms with van der Waals surface area (Å²) in [7, 11) is 0. The number of carbonyl (C=O) groups excluding carboxylic acids is 4. The van der Waals surface area contributed by atoms with Crippen LogP contribution in [0.1, 0.15) is 43.2 Å². The molecule has 2 aromatic carbocycles. The van der Waals surface area contributed by atoms with E-state index in [0.29, 0.717) is 86.0 Å². The van der Waals surface area contributed by atoms with Crippen molar-refractivity contribution >= 4 is 67.1 Å². The highest BCUT2D eigenvalue weighted by Gasteiger charge is 2.43. The van der Waals surface area contributed by atoms with Gasteiger partial charge in [0.15, 0.2) is 0 Å². The van der Waals surface area contributed by atoms with Crippen molar-refractivity contribution in [3.8, 4) is 5.75 Å². The molecule has 7 atom stereocenters. The average molecular weight is 1030 g/mol. The summed E-state index contributed by atoms with van der Waals surface area (Å²) in [6.07, 6.45) is -0.941. The van der Waals surface area contributed by atoms with E-state index >= 15 is 0 Å². The van der Waals surface area contributed by atoms with Gasteiger partial charge in [-0.25, -0.2) is 9.59 Å². The molecule has 0 unspecified atom stereocenters. The topological polar surface area (TPSA) is 253 Å². The molecule has 4 aliphatic rings. The summed E-state index contributed by atoms with van der Waals surface area (Å²) in [4.78, 5) is 67.3. The molecule has 352 valence electrons. The molecule has 21 heteroatoms. The number of piperazine rings is 1. The first-order valence-electron chi connectivity index (χ1n) is 22.0. The number of ether oxygens (including phenoxy) is 1. The monoisotopic (exact) mass is 1030 g/mol. The van der Waals surface area contributed by atoms with Crippen LogP contribution in [0, 0.1) is 0 Å². The maximum absolute atomic E-state index is 14.5. The number of aromatic nitrogens is 1. The third-order valence-electron chi connectivity index (χ3n) is 12.6. The molecule has 0 spiro atoms. The van der Waals surface area contributed by atoms with Crippen LogP contribution in [0.3, 0.4) is 0 Å². The number of aromatic hydroxyl groups is 1. The Morgan fingerprint density at radius 2 is 1.55 bits per heavy atom. The minimum atomic E-state index is -1.53. The van der Waals surface area contributed by atoms with Gasteiger partial charge in [0, 0.05) is 82.0 Å². The number of unbranched alkanes of at least 4 members (excludes halogenated alkanes) is 1. The lowest BCUT2D eigenvalue weighted by Crippen LogP contribution is -2.62. The minimum absolute atomic E-state index is 0.0212. The van der Waals surface area contributed by atoms with E-state index in [9.17, 15) is 44.7 Å². The number of para-hydroxylation sites is 1. The minimum Gasteiger partial charge on any atom is -0.506 e. The van der Waals surface area contributed by atoms with Crippen LogP contribution in [-0.2, 0) is 27.3 Å². The van der Waals surface area contributed by atoms with Gasteiger partial charge in [-0.2, -0.15) is 0 Å². The smallest absolute Gasteiger partial charge is 0.322 e. The fraction of sp³-hybridized carbons (Fsp3) is 0.523. The Morgan fingerprint density at radius 1 is 0.862 bits per heavy atom. The number of urea groups is 2. The molecule has 19 nitrogen and oxygen atoms in total. The van der Waals surface area contributed by atoms with Crippen molar-refractivity contribution in [2.24, 2.45) is 0 Å². The van der Waals surface area contributed by atoms with Gasteiger partial charge < -0.3 is 65.8 Å². The number of aliphatic hydroxyl groups excluding tert-OH is 4. The highest BCUT2D eigenvalue weighted by Crippen LogP contribution is 2.34. The lowest BCUT2D eigenvalue weighted by atomic mass is 9.98. The fourth-order valence-corrected chi connectivity index (χ4v) is 10.1. The van der Waals surface area contributed by atoms with Gasteiger partial charge in [-0.1, -0.05) is 18.2 Å². The van der Waals surface area contributed by atoms with Crippen LogP contribution in [0.15, 0.2) is 69.9 Å². The second kappa shape index (κ2) is 22.3. The van der Waals surface area contributed by atoms with E-state index < -0.39 is 61.3 Å². The first kappa shape index (κ1) is 48.3. The van der Waals surface area contributed by atoms with E-state index in [1.807, 2.05) is 36.4 Å². The third-order valence-corrected chi connectivity index (χ3v) is 13.8. The largest absolute Gasteiger partial charge is 0.506 e. The molecule has 4 aliphatic heterocycles. The molecule has 0 bridgehead atoms. The maximum atomic E-state index is 14.5. The number of aliphatic hydroxyl groups is 4. The zero-order valence-corrected chi connectivity index (χ0v) is 38.9. The lowest BCUT2D eigenvalue weighted by Gasteiger charge is -2.40. The lowest BCUT2D eigenvalue weighted by molar-refractivity contribution is -0.236. The van der Waals surface area contributed by atoms with E-state index in [1.165, 1.54) is 0 Å². The van der Waals surface area contributed by atoms with Gasteiger partial charge in [-0.15, -0.1) is 0 Å². The Bertz CT molecular complexity index is 2100. The Morgan fingerprint density at radius 3 is 2.25 bits per heavy atom. The average Bonchev–Trinajstić information content (AvgIpc) is 3.32. The van der Waals surface area contributed by atoms with Crippen LogP contribution < -0.4 is 26.2 Å². The fourth-order valence-electron chi connectivity index (χ4n) is 8.80. The molecule has 0 saturated carbocycles. The van der Waals surface area contributed by atoms with Crippen molar-refractivity contribution in [1.82, 2.24) is 35.6 Å². The zero-order chi connectivity index (χ0) is 46.2. The molecular weight excluding hydrogens is 974 g/mol. The number of hydrogen-bond acceptors (Lipinski definition) is 13. The van der Waals surface area contributed by atoms with Crippen LogP contribution >= 0.6 is 31.9 Å². The van der Waals surface area contributed by atoms with Crippen LogP contribution in [0.4, 0.5) is 21.0 Å². The van der Waals surface area contributed by atoms with Gasteiger partial charge >= 0.3 is 12.1 Å². The van der Waals surface area contributed by atoms with Gasteiger partial charge in [0.1, 0.15) is 48.5 Å². The number of phenols is 1. The normalized spacial score (nSPS) is 23.6. The summed E-state index contributed by atoms with van der Waals surface area (Å²) in [6, 6.07) is 11.9. The number of amides is 6. The van der Waals surface area contributed by atoms with Gasteiger partial charge in [0.25, 0.3) is 0 Å². The van der Waals surface area contributed by atoms with Crippen molar-refractivity contribution < 1.29 is 49.4 Å². The Hall–Kier alpha value is -4.61. The number of fused-ring (bicyclic) bond motifs is 1. The molecule has 1 aromatic heterocycles. The van der Waals surface area contributed by atoms with Crippen molar-refractivity contribution in [3.05, 3.63) is 81.0 Å². The molecular formula is C44H57Br2N9O10. The number of nitrogens with zero attached hydrogens (tertiary/aromatic N) is 5. The second-order valence-electron chi connectivity index (χ2n) is 16.8. The number of anilines is 2. The van der Waals surface area contributed by atoms with Crippen molar-refractivity contribution in [2.45, 2.75) is 93.8 Å². The number of carbonyl (C=O) groups is 4. The summed E-state index contributed by atoms with van der Waals surface area (Å²) in [6.45, 7) is 2.81. The molecule has 65 heavy (non-hydrogen) atoms. The molecule has 0 aliphatic carbocycles. The maximum Gasteiger partial charge on any atom is 0.322 e. The van der Waals surface area contributed by atoms with Crippen molar-refractivity contribution in [2.75, 3.05) is 62.6 Å². The molecule has 6 amide bonds. The SMILES string of the molecule is O=C(N[C@@H](CCCCN[C@H]1O[C@H](CO)[C@@H](O)[C@H](O)[C@@H]1O)C(=O)N1CCN(c2ccncc2)CC1)[C@@H](Cc1cc(Br)c(O)c(Br)c1)NC(=O)N1CCC(N2Cc3ccccc3NC2=O)CC1. The van der Waals surface area contributed by atoms with E-state index in [0.717, 1.165) is 16.9 Å². The first-order chi connectivity index (χ1) is 31.3. The van der Waals surface area contributed by atoms with E-state index in [2.05, 4.69) is 63.0 Å². The molecule has 3 fully saturated rings. The number of likely N-dealkylation sites (tertiary alicyclic amines) is 1. The zero-order valence-electron chi connectivity index (χ0n) is 35.8. The van der Waals surface area contributed by atoms with Gasteiger partial charge in [0.05, 0.1) is 15.6 Å². The van der Waals surface area contributed by atoms with Crippen molar-refractivity contribution in [1.29, 1.82) is 0 Å². The summed E-state index contributed by atoms with van der Waals surface area (Å²) in [5.74, 6) is -0.880. The summed E-state index contributed by atoms with van der Waals surface area (Å²) >= 11 is 6.73. The molecule has 9 N–H and O–H groups in total. The molecule has 3 saturated heterocycles. The van der Waals surface area contributed by atoms with Gasteiger partial charge in [-0.05, 0) is 112 Å². The molecule has 0 radical (unpaired) electrons. The van der Waals surface area contributed by atoms with E-state index in [1.54, 1.807) is 39.2 Å². The Labute approximate surface area is 393 Å². The number of piperidine rings is 1. The number of phenolic OH excluding ortho intramolecular Hbond substituents is 1. The number of benzene rings is 2. The molecule has 3 aromatic rings. The predicted octanol–water partition coefficient (Wildman–Crippen LogP) is 1.84. The summed E-state index contributed by atoms with van der Waals surface area (Å²) in [5.41, 5.74) is 3.41. The van der Waals surface area contributed by atoms with E-state index in [4.69, 9.17) is 4.74 Å².